The number of anilines is 1. The fraction of sp³-hybridized carbons (Fsp3) is 0.647. The lowest BCUT2D eigenvalue weighted by Gasteiger charge is -2.20. The van der Waals surface area contributed by atoms with E-state index in [9.17, 15) is 0 Å². The summed E-state index contributed by atoms with van der Waals surface area (Å²) in [4.78, 5) is 2.55. The van der Waals surface area contributed by atoms with Gasteiger partial charge in [0.1, 0.15) is 12.4 Å². The van der Waals surface area contributed by atoms with Gasteiger partial charge in [-0.15, -0.1) is 0 Å². The van der Waals surface area contributed by atoms with Crippen LogP contribution in [0.15, 0.2) is 24.3 Å². The summed E-state index contributed by atoms with van der Waals surface area (Å²) in [6, 6.07) is 7.65. The lowest BCUT2D eigenvalue weighted by atomic mass is 9.96. The molecule has 0 bridgehead atoms. The molecule has 0 saturated carbocycles. The van der Waals surface area contributed by atoms with Gasteiger partial charge in [-0.2, -0.15) is 0 Å². The molecule has 1 aromatic rings. The van der Waals surface area contributed by atoms with E-state index in [1.807, 2.05) is 24.3 Å². The van der Waals surface area contributed by atoms with Crippen LogP contribution in [0.5, 0.6) is 5.75 Å². The summed E-state index contributed by atoms with van der Waals surface area (Å²) in [6.45, 7) is 6.55. The maximum atomic E-state index is 5.78. The molecule has 112 valence electrons. The second-order valence-electron chi connectivity index (χ2n) is 5.84. The highest BCUT2D eigenvalue weighted by Crippen LogP contribution is 2.21. The van der Waals surface area contributed by atoms with E-state index in [1.54, 1.807) is 0 Å². The van der Waals surface area contributed by atoms with E-state index in [2.05, 4.69) is 11.8 Å². The van der Waals surface area contributed by atoms with Crippen molar-refractivity contribution < 1.29 is 4.74 Å². The topological polar surface area (TPSA) is 38.5 Å². The Bertz CT molecular complexity index is 377. The van der Waals surface area contributed by atoms with Gasteiger partial charge in [-0.3, -0.25) is 4.90 Å². The number of nitrogen functional groups attached to an aromatic ring is 1. The predicted molar refractivity (Wildman–Crippen MR) is 85.0 cm³/mol. The van der Waals surface area contributed by atoms with Crippen molar-refractivity contribution in [1.82, 2.24) is 4.90 Å². The van der Waals surface area contributed by atoms with Gasteiger partial charge in [0, 0.05) is 12.2 Å². The summed E-state index contributed by atoms with van der Waals surface area (Å²) in [7, 11) is 0. The minimum atomic E-state index is 0.766. The third-order valence-electron chi connectivity index (χ3n) is 4.19. The Morgan fingerprint density at radius 2 is 2.00 bits per heavy atom. The first-order valence-corrected chi connectivity index (χ1v) is 7.98. The van der Waals surface area contributed by atoms with Crippen LogP contribution < -0.4 is 10.5 Å². The Morgan fingerprint density at radius 1 is 1.20 bits per heavy atom. The monoisotopic (exact) mass is 276 g/mol. The SMILES string of the molecule is CCCC1CCCN(CCOc2ccc(N)cc2)CC1. The molecule has 2 N–H and O–H groups in total. The Morgan fingerprint density at radius 3 is 2.75 bits per heavy atom. The molecule has 1 aliphatic heterocycles. The number of nitrogens with zero attached hydrogens (tertiary/aromatic N) is 1. The highest BCUT2D eigenvalue weighted by atomic mass is 16.5. The molecular formula is C17H28N2O. The molecule has 1 atom stereocenters. The fourth-order valence-corrected chi connectivity index (χ4v) is 3.00. The zero-order valence-electron chi connectivity index (χ0n) is 12.7. The van der Waals surface area contributed by atoms with Crippen LogP contribution in [0.1, 0.15) is 39.0 Å². The van der Waals surface area contributed by atoms with Crippen LogP contribution in [0.2, 0.25) is 0 Å². The standard InChI is InChI=1S/C17H28N2O/c1-2-4-15-5-3-11-19(12-10-15)13-14-20-17-8-6-16(18)7-9-17/h6-9,15H,2-5,10-14,18H2,1H3. The molecule has 1 aromatic carbocycles. The zero-order valence-corrected chi connectivity index (χ0v) is 12.7. The first-order valence-electron chi connectivity index (χ1n) is 7.98. The van der Waals surface area contributed by atoms with E-state index in [4.69, 9.17) is 10.5 Å². The number of benzene rings is 1. The molecule has 0 aliphatic carbocycles. The van der Waals surface area contributed by atoms with E-state index in [1.165, 1.54) is 45.2 Å². The van der Waals surface area contributed by atoms with Gasteiger partial charge in [0.25, 0.3) is 0 Å². The maximum Gasteiger partial charge on any atom is 0.119 e. The van der Waals surface area contributed by atoms with Crippen LogP contribution in [-0.2, 0) is 0 Å². The highest BCUT2D eigenvalue weighted by Gasteiger charge is 2.16. The Labute approximate surface area is 123 Å². The lowest BCUT2D eigenvalue weighted by Crippen LogP contribution is -2.29. The number of ether oxygens (including phenoxy) is 1. The third kappa shape index (κ3) is 5.04. The molecule has 1 fully saturated rings. The number of hydrogen-bond donors (Lipinski definition) is 1. The summed E-state index contributed by atoms with van der Waals surface area (Å²) in [5.74, 6) is 1.86. The molecule has 0 amide bonds. The average Bonchev–Trinajstić information content (AvgIpc) is 2.67. The molecule has 0 aromatic heterocycles. The molecule has 1 unspecified atom stereocenters. The van der Waals surface area contributed by atoms with Crippen LogP contribution in [-0.4, -0.2) is 31.1 Å². The first-order chi connectivity index (χ1) is 9.78. The molecule has 1 heterocycles. The normalized spacial score (nSPS) is 20.6. The molecule has 3 heteroatoms. The maximum absolute atomic E-state index is 5.78. The van der Waals surface area contributed by atoms with Crippen molar-refractivity contribution in [2.24, 2.45) is 5.92 Å². The fourth-order valence-electron chi connectivity index (χ4n) is 3.00. The van der Waals surface area contributed by atoms with Gasteiger partial charge < -0.3 is 10.5 Å². The van der Waals surface area contributed by atoms with Crippen LogP contribution >= 0.6 is 0 Å². The highest BCUT2D eigenvalue weighted by molar-refractivity contribution is 5.41. The molecule has 2 rings (SSSR count). The minimum absolute atomic E-state index is 0.766. The van der Waals surface area contributed by atoms with Gasteiger partial charge in [-0.05, 0) is 62.5 Å². The molecule has 1 aliphatic rings. The zero-order chi connectivity index (χ0) is 14.2. The minimum Gasteiger partial charge on any atom is -0.492 e. The van der Waals surface area contributed by atoms with Gasteiger partial charge in [0.05, 0.1) is 0 Å². The first kappa shape index (κ1) is 15.2. The summed E-state index contributed by atoms with van der Waals surface area (Å²) < 4.78 is 5.78. The Balaban J connectivity index is 1.67. The Kier molecular flexibility index (Phi) is 6.19. The summed E-state index contributed by atoms with van der Waals surface area (Å²) in [6.07, 6.45) is 6.83. The largest absolute Gasteiger partial charge is 0.492 e. The second-order valence-corrected chi connectivity index (χ2v) is 5.84. The van der Waals surface area contributed by atoms with Crippen LogP contribution in [0.4, 0.5) is 5.69 Å². The second kappa shape index (κ2) is 8.15. The smallest absolute Gasteiger partial charge is 0.119 e. The summed E-state index contributed by atoms with van der Waals surface area (Å²) in [5.41, 5.74) is 6.45. The molecule has 0 spiro atoms. The van der Waals surface area contributed by atoms with E-state index >= 15 is 0 Å². The molecular weight excluding hydrogens is 248 g/mol. The van der Waals surface area contributed by atoms with E-state index in [-0.39, 0.29) is 0 Å². The van der Waals surface area contributed by atoms with Crippen molar-refractivity contribution in [3.8, 4) is 5.75 Å². The van der Waals surface area contributed by atoms with Gasteiger partial charge in [-0.25, -0.2) is 0 Å². The van der Waals surface area contributed by atoms with Crippen molar-refractivity contribution in [2.45, 2.75) is 39.0 Å². The molecule has 20 heavy (non-hydrogen) atoms. The molecule has 0 radical (unpaired) electrons. The van der Waals surface area contributed by atoms with Gasteiger partial charge in [-0.1, -0.05) is 19.8 Å². The third-order valence-corrected chi connectivity index (χ3v) is 4.19. The van der Waals surface area contributed by atoms with Crippen molar-refractivity contribution in [3.63, 3.8) is 0 Å². The molecule has 3 nitrogen and oxygen atoms in total. The van der Waals surface area contributed by atoms with Crippen molar-refractivity contribution in [1.29, 1.82) is 0 Å². The van der Waals surface area contributed by atoms with Gasteiger partial charge >= 0.3 is 0 Å². The van der Waals surface area contributed by atoms with Gasteiger partial charge in [0.15, 0.2) is 0 Å². The van der Waals surface area contributed by atoms with Crippen molar-refractivity contribution >= 4 is 5.69 Å². The van der Waals surface area contributed by atoms with Crippen LogP contribution in [0.3, 0.4) is 0 Å². The van der Waals surface area contributed by atoms with E-state index < -0.39 is 0 Å². The van der Waals surface area contributed by atoms with E-state index in [0.29, 0.717) is 0 Å². The van der Waals surface area contributed by atoms with Crippen molar-refractivity contribution in [3.05, 3.63) is 24.3 Å². The van der Waals surface area contributed by atoms with Gasteiger partial charge in [0.2, 0.25) is 0 Å². The summed E-state index contributed by atoms with van der Waals surface area (Å²) in [5, 5.41) is 0. The Hall–Kier alpha value is -1.22. The predicted octanol–water partition coefficient (Wildman–Crippen LogP) is 3.55. The molecule has 1 saturated heterocycles. The number of rotatable bonds is 6. The summed E-state index contributed by atoms with van der Waals surface area (Å²) >= 11 is 0. The number of likely N-dealkylation sites (tertiary alicyclic amines) is 1. The van der Waals surface area contributed by atoms with Crippen LogP contribution in [0, 0.1) is 5.92 Å². The van der Waals surface area contributed by atoms with Crippen LogP contribution in [0.25, 0.3) is 0 Å². The number of nitrogens with two attached hydrogens (primary N) is 1. The quantitative estimate of drug-likeness (QED) is 0.808. The number of hydrogen-bond acceptors (Lipinski definition) is 3. The van der Waals surface area contributed by atoms with Crippen molar-refractivity contribution in [2.75, 3.05) is 32.0 Å². The lowest BCUT2D eigenvalue weighted by molar-refractivity contribution is 0.212. The van der Waals surface area contributed by atoms with E-state index in [0.717, 1.165) is 30.5 Å². The average molecular weight is 276 g/mol.